The number of esters is 2. The van der Waals surface area contributed by atoms with Crippen LogP contribution in [-0.4, -0.2) is 74.9 Å². The Balaban J connectivity index is 4.14. The van der Waals surface area contributed by atoms with Gasteiger partial charge in [-0.05, 0) is 128 Å². The van der Waals surface area contributed by atoms with Crippen molar-refractivity contribution in [2.45, 2.75) is 277 Å². The molecule has 0 aliphatic carbocycles. The molecule has 90 heavy (non-hydrogen) atoms. The lowest BCUT2D eigenvalue weighted by atomic mass is 10.0. The molecule has 0 bridgehead atoms. The largest absolute Gasteiger partial charge is 0.472 e. The lowest BCUT2D eigenvalue weighted by molar-refractivity contribution is -0.870. The van der Waals surface area contributed by atoms with Crippen molar-refractivity contribution in [2.75, 3.05) is 47.5 Å². The SMILES string of the molecule is CC/C=C\C/C=C\C/C=C\C/C=C\C/C=C\C/C=C\C/C=C\C/C=C\C/C=C\C/C=C\CCCCCCCCC(=O)OC(COC(=O)CCCCCCCCCCCCCCCCCC/C=C\C/C=C\C/C=C\C/C=C\CC)COP(=O)(O)OCC[N+](C)(C)C. The Morgan fingerprint density at radius 1 is 0.344 bits per heavy atom. The Morgan fingerprint density at radius 2 is 0.600 bits per heavy atom. The van der Waals surface area contributed by atoms with E-state index < -0.39 is 26.5 Å². The van der Waals surface area contributed by atoms with Gasteiger partial charge in [-0.2, -0.15) is 0 Å². The standard InChI is InChI=1S/C80H132NO8P/c1-6-8-10-12-14-16-18-20-22-24-26-28-30-32-34-36-37-38-39-40-41-42-43-45-47-49-51-53-55-57-59-61-63-65-67-69-71-73-80(83)89-78(77-88-90(84,85)87-75-74-81(3,4)5)76-86-79(82)72-70-68-66-64-62-60-58-56-54-52-50-48-46-44-35-33-31-29-27-25-23-21-19-17-15-13-11-9-7-2/h8-11,14-17,20-23,26-29,32,34,37-38,40-41,43,45,49,51,55,57,78H,6-7,12-13,18-19,24-25,30-31,33,35-36,39,42,44,46-48,50,52-54,56,58-77H2,1-5H3/p+1/b10-8-,11-9-,16-14-,17-15-,22-20-,23-21-,28-26-,29-27-,34-32-,38-37-,41-40-,45-43-,51-49-,57-55-. The predicted octanol–water partition coefficient (Wildman–Crippen LogP) is 23.7. The number of nitrogens with zero attached hydrogens (tertiary/aromatic N) is 1. The van der Waals surface area contributed by atoms with E-state index in [9.17, 15) is 19.0 Å². The van der Waals surface area contributed by atoms with E-state index in [0.717, 1.165) is 148 Å². The molecule has 0 saturated heterocycles. The van der Waals surface area contributed by atoms with Gasteiger partial charge < -0.3 is 18.9 Å². The molecule has 10 heteroatoms. The van der Waals surface area contributed by atoms with E-state index in [2.05, 4.69) is 184 Å². The Bertz CT molecular complexity index is 2130. The van der Waals surface area contributed by atoms with Gasteiger partial charge in [-0.25, -0.2) is 4.57 Å². The van der Waals surface area contributed by atoms with Crippen LogP contribution in [0.15, 0.2) is 170 Å². The molecule has 0 spiro atoms. The van der Waals surface area contributed by atoms with Crippen molar-refractivity contribution >= 4 is 19.8 Å². The van der Waals surface area contributed by atoms with Crippen LogP contribution in [0.3, 0.4) is 0 Å². The fraction of sp³-hybridized carbons (Fsp3) is 0.625. The normalized spacial score (nSPS) is 14.2. The molecule has 0 saturated carbocycles. The molecule has 9 nitrogen and oxygen atoms in total. The summed E-state index contributed by atoms with van der Waals surface area (Å²) in [4.78, 5) is 35.9. The second-order valence-electron chi connectivity index (χ2n) is 24.5. The zero-order valence-electron chi connectivity index (χ0n) is 58.1. The van der Waals surface area contributed by atoms with E-state index in [1.54, 1.807) is 0 Å². The summed E-state index contributed by atoms with van der Waals surface area (Å²) < 4.78 is 34.7. The number of carbonyl (C=O) groups excluding carboxylic acids is 2. The predicted molar refractivity (Wildman–Crippen MR) is 389 cm³/mol. The van der Waals surface area contributed by atoms with Crippen molar-refractivity contribution in [3.8, 4) is 0 Å². The summed E-state index contributed by atoms with van der Waals surface area (Å²) in [5.74, 6) is -0.820. The molecule has 0 heterocycles. The molecular weight excluding hydrogens is 1130 g/mol. The van der Waals surface area contributed by atoms with Crippen molar-refractivity contribution in [1.82, 2.24) is 0 Å². The minimum Gasteiger partial charge on any atom is -0.462 e. The second-order valence-corrected chi connectivity index (χ2v) is 26.0. The zero-order chi connectivity index (χ0) is 65.5. The van der Waals surface area contributed by atoms with Gasteiger partial charge in [0.05, 0.1) is 27.7 Å². The number of carbonyl (C=O) groups is 2. The van der Waals surface area contributed by atoms with Gasteiger partial charge >= 0.3 is 19.8 Å². The minimum absolute atomic E-state index is 0.0205. The second kappa shape index (κ2) is 68.7. The highest BCUT2D eigenvalue weighted by Gasteiger charge is 2.27. The summed E-state index contributed by atoms with van der Waals surface area (Å²) in [5.41, 5.74) is 0. The van der Waals surface area contributed by atoms with Crippen molar-refractivity contribution in [2.24, 2.45) is 0 Å². The summed E-state index contributed by atoms with van der Waals surface area (Å²) in [6.45, 7) is 4.19. The summed E-state index contributed by atoms with van der Waals surface area (Å²) in [6.07, 6.45) is 105. The molecular formula is C80H133NO8P+. The van der Waals surface area contributed by atoms with Crippen LogP contribution in [0.25, 0.3) is 0 Å². The molecule has 0 amide bonds. The van der Waals surface area contributed by atoms with Gasteiger partial charge in [-0.15, -0.1) is 0 Å². The summed E-state index contributed by atoms with van der Waals surface area (Å²) >= 11 is 0. The summed E-state index contributed by atoms with van der Waals surface area (Å²) in [7, 11) is 1.45. The van der Waals surface area contributed by atoms with Crippen LogP contribution in [0.4, 0.5) is 0 Å². The van der Waals surface area contributed by atoms with Crippen LogP contribution < -0.4 is 0 Å². The van der Waals surface area contributed by atoms with Gasteiger partial charge in [-0.3, -0.25) is 18.6 Å². The summed E-state index contributed by atoms with van der Waals surface area (Å²) in [6, 6.07) is 0. The first-order chi connectivity index (χ1) is 44.0. The number of hydrogen-bond donors (Lipinski definition) is 1. The van der Waals surface area contributed by atoms with E-state index >= 15 is 0 Å². The molecule has 0 rings (SSSR count). The molecule has 0 aromatic rings. The van der Waals surface area contributed by atoms with Crippen LogP contribution in [0.2, 0.25) is 0 Å². The average Bonchev–Trinajstić information content (AvgIpc) is 3.58. The van der Waals surface area contributed by atoms with E-state index in [-0.39, 0.29) is 32.0 Å². The molecule has 0 aromatic heterocycles. The lowest BCUT2D eigenvalue weighted by Crippen LogP contribution is -2.37. The van der Waals surface area contributed by atoms with Gasteiger partial charge in [0.2, 0.25) is 0 Å². The first-order valence-corrected chi connectivity index (χ1v) is 37.4. The highest BCUT2D eigenvalue weighted by Crippen LogP contribution is 2.43. The van der Waals surface area contributed by atoms with Crippen LogP contribution in [0, 0.1) is 0 Å². The third-order valence-electron chi connectivity index (χ3n) is 14.7. The van der Waals surface area contributed by atoms with E-state index in [0.29, 0.717) is 17.4 Å². The van der Waals surface area contributed by atoms with E-state index in [1.165, 1.54) is 89.9 Å². The average molecular weight is 1270 g/mol. The van der Waals surface area contributed by atoms with Crippen molar-refractivity contribution in [1.29, 1.82) is 0 Å². The number of likely N-dealkylation sites (N-methyl/N-ethyl adjacent to an activating group) is 1. The highest BCUT2D eigenvalue weighted by atomic mass is 31.2. The number of quaternary nitrogens is 1. The third-order valence-corrected chi connectivity index (χ3v) is 15.7. The third kappa shape index (κ3) is 72.4. The molecule has 2 atom stereocenters. The highest BCUT2D eigenvalue weighted by molar-refractivity contribution is 7.47. The monoisotopic (exact) mass is 1270 g/mol. The number of rotatable bonds is 64. The van der Waals surface area contributed by atoms with Crippen molar-refractivity contribution < 1.29 is 42.1 Å². The molecule has 0 radical (unpaired) electrons. The Kier molecular flexibility index (Phi) is 65.2. The van der Waals surface area contributed by atoms with Crippen molar-refractivity contribution in [3.05, 3.63) is 170 Å². The maximum absolute atomic E-state index is 12.9. The first kappa shape index (κ1) is 85.4. The maximum atomic E-state index is 12.9. The number of unbranched alkanes of at least 4 members (excludes halogenated alkanes) is 22. The van der Waals surface area contributed by atoms with Gasteiger partial charge in [0, 0.05) is 12.8 Å². The molecule has 0 aliphatic heterocycles. The topological polar surface area (TPSA) is 108 Å². The number of allylic oxidation sites excluding steroid dienone is 28. The minimum atomic E-state index is -4.41. The maximum Gasteiger partial charge on any atom is 0.472 e. The molecule has 510 valence electrons. The smallest absolute Gasteiger partial charge is 0.462 e. The number of ether oxygens (including phenoxy) is 2. The molecule has 0 aromatic carbocycles. The number of phosphoric acid groups is 1. The van der Waals surface area contributed by atoms with Gasteiger partial charge in [-0.1, -0.05) is 300 Å². The summed E-state index contributed by atoms with van der Waals surface area (Å²) in [5, 5.41) is 0. The first-order valence-electron chi connectivity index (χ1n) is 35.9. The van der Waals surface area contributed by atoms with Crippen LogP contribution in [0.5, 0.6) is 0 Å². The molecule has 0 fully saturated rings. The zero-order valence-corrected chi connectivity index (χ0v) is 58.9. The Morgan fingerprint density at radius 3 is 0.889 bits per heavy atom. The fourth-order valence-electron chi connectivity index (χ4n) is 9.33. The van der Waals surface area contributed by atoms with Crippen LogP contribution >= 0.6 is 7.82 Å². The van der Waals surface area contributed by atoms with E-state index in [4.69, 9.17) is 18.5 Å². The van der Waals surface area contributed by atoms with Gasteiger partial charge in [0.1, 0.15) is 19.8 Å². The lowest BCUT2D eigenvalue weighted by Gasteiger charge is -2.24. The Labute approximate surface area is 553 Å². The van der Waals surface area contributed by atoms with Crippen molar-refractivity contribution in [3.63, 3.8) is 0 Å². The van der Waals surface area contributed by atoms with Crippen LogP contribution in [-0.2, 0) is 32.7 Å². The fourth-order valence-corrected chi connectivity index (χ4v) is 10.1. The number of hydrogen-bond acceptors (Lipinski definition) is 7. The molecule has 1 N–H and O–H groups in total. The van der Waals surface area contributed by atoms with Gasteiger partial charge in [0.15, 0.2) is 6.10 Å². The quantitative estimate of drug-likeness (QED) is 0.0211. The van der Waals surface area contributed by atoms with Crippen LogP contribution in [0.1, 0.15) is 271 Å². The van der Waals surface area contributed by atoms with E-state index in [1.807, 2.05) is 21.1 Å². The number of phosphoric ester groups is 1. The molecule has 2 unspecified atom stereocenters. The van der Waals surface area contributed by atoms with Gasteiger partial charge in [0.25, 0.3) is 0 Å². The Hall–Kier alpha value is -4.63. The molecule has 0 aliphatic rings.